The van der Waals surface area contributed by atoms with Gasteiger partial charge in [-0.05, 0) is 56.2 Å². The number of aliphatic hydroxyl groups excluding tert-OH is 1. The maximum Gasteiger partial charge on any atom is 0.264 e. The zero-order valence-corrected chi connectivity index (χ0v) is 19.3. The van der Waals surface area contributed by atoms with Crippen molar-refractivity contribution in [3.63, 3.8) is 0 Å². The number of hydrogen-bond acceptors (Lipinski definition) is 4. The van der Waals surface area contributed by atoms with Gasteiger partial charge in [-0.25, -0.2) is 8.42 Å². The van der Waals surface area contributed by atoms with Gasteiger partial charge < -0.3 is 14.7 Å². The van der Waals surface area contributed by atoms with Crippen LogP contribution in [0, 0.1) is 6.92 Å². The molecule has 30 heavy (non-hydrogen) atoms. The first-order chi connectivity index (χ1) is 14.3. The molecule has 0 aliphatic heterocycles. The summed E-state index contributed by atoms with van der Waals surface area (Å²) in [6.07, 6.45) is 1.26. The lowest BCUT2D eigenvalue weighted by Crippen LogP contribution is -3.13. The third kappa shape index (κ3) is 6.45. The second kappa shape index (κ2) is 11.3. The van der Waals surface area contributed by atoms with E-state index in [1.165, 1.54) is 9.21 Å². The Kier molecular flexibility index (Phi) is 9.14. The smallest absolute Gasteiger partial charge is 0.264 e. The van der Waals surface area contributed by atoms with Crippen LogP contribution in [0.5, 0.6) is 5.75 Å². The van der Waals surface area contributed by atoms with Crippen molar-refractivity contribution in [1.82, 2.24) is 0 Å². The Balaban J connectivity index is 2.34. The Morgan fingerprint density at radius 2 is 1.57 bits per heavy atom. The molecule has 0 saturated carbocycles. The fraction of sp³-hybridized carbons (Fsp3) is 0.478. The molecule has 0 aromatic heterocycles. The van der Waals surface area contributed by atoms with Crippen LogP contribution in [0.15, 0.2) is 53.4 Å². The molecule has 2 aromatic carbocycles. The molecule has 0 amide bonds. The quantitative estimate of drug-likeness (QED) is 0.537. The molecule has 0 fully saturated rings. The molecule has 6 nitrogen and oxygen atoms in total. The van der Waals surface area contributed by atoms with Gasteiger partial charge in [-0.15, -0.1) is 0 Å². The van der Waals surface area contributed by atoms with Crippen LogP contribution in [0.3, 0.4) is 0 Å². The fourth-order valence-electron chi connectivity index (χ4n) is 3.55. The van der Waals surface area contributed by atoms with E-state index < -0.39 is 16.1 Å². The van der Waals surface area contributed by atoms with Crippen molar-refractivity contribution in [1.29, 1.82) is 0 Å². The van der Waals surface area contributed by atoms with Crippen molar-refractivity contribution in [2.24, 2.45) is 0 Å². The Hall–Kier alpha value is -2.09. The van der Waals surface area contributed by atoms with Gasteiger partial charge in [-0.3, -0.25) is 4.31 Å². The normalized spacial score (nSPS) is 12.7. The minimum Gasteiger partial charge on any atom is -0.497 e. The van der Waals surface area contributed by atoms with Crippen LogP contribution in [0.2, 0.25) is 0 Å². The van der Waals surface area contributed by atoms with Crippen molar-refractivity contribution in [2.45, 2.75) is 44.6 Å². The van der Waals surface area contributed by atoms with E-state index >= 15 is 0 Å². The zero-order valence-electron chi connectivity index (χ0n) is 18.5. The van der Waals surface area contributed by atoms with E-state index in [0.29, 0.717) is 18.0 Å². The highest BCUT2D eigenvalue weighted by molar-refractivity contribution is 7.92. The molecule has 0 saturated heterocycles. The zero-order chi connectivity index (χ0) is 22.1. The lowest BCUT2D eigenvalue weighted by Gasteiger charge is -2.28. The summed E-state index contributed by atoms with van der Waals surface area (Å²) < 4.78 is 33.4. The molecule has 2 rings (SSSR count). The summed E-state index contributed by atoms with van der Waals surface area (Å²) >= 11 is 0. The van der Waals surface area contributed by atoms with Gasteiger partial charge in [-0.2, -0.15) is 0 Å². The number of anilines is 1. The molecular formula is C23H35N2O4S+. The number of aliphatic hydroxyl groups is 1. The molecule has 2 aromatic rings. The number of sulfonamides is 1. The van der Waals surface area contributed by atoms with Crippen molar-refractivity contribution < 1.29 is 23.2 Å². The minimum absolute atomic E-state index is 0.000529. The van der Waals surface area contributed by atoms with Crippen LogP contribution in [0.1, 0.15) is 32.3 Å². The predicted octanol–water partition coefficient (Wildman–Crippen LogP) is 2.26. The second-order valence-electron chi connectivity index (χ2n) is 7.66. The highest BCUT2D eigenvalue weighted by atomic mass is 32.2. The van der Waals surface area contributed by atoms with E-state index in [1.54, 1.807) is 55.6 Å². The highest BCUT2D eigenvalue weighted by Gasteiger charge is 2.28. The molecule has 0 aliphatic rings. The number of ether oxygens (including phenoxy) is 1. The summed E-state index contributed by atoms with van der Waals surface area (Å²) in [6.45, 7) is 8.58. The summed E-state index contributed by atoms with van der Waals surface area (Å²) in [5.41, 5.74) is 1.49. The summed E-state index contributed by atoms with van der Waals surface area (Å²) in [6, 6.07) is 13.7. The number of quaternary nitrogens is 1. The largest absolute Gasteiger partial charge is 0.497 e. The Morgan fingerprint density at radius 1 is 1.00 bits per heavy atom. The molecule has 0 aliphatic carbocycles. The third-order valence-electron chi connectivity index (χ3n) is 5.08. The molecule has 0 radical (unpaired) electrons. The Bertz CT molecular complexity index is 861. The highest BCUT2D eigenvalue weighted by Crippen LogP contribution is 2.26. The summed E-state index contributed by atoms with van der Waals surface area (Å²) in [7, 11) is -2.25. The van der Waals surface area contributed by atoms with Crippen LogP contribution < -0.4 is 13.9 Å². The standard InChI is InChI=1S/C23H34N2O4S/c1-5-15-24(16-6-2)17-21(26)18-25(20-9-11-22(29-4)12-10-20)30(27,28)23-13-7-19(3)8-14-23/h7-14,21,26H,5-6,15-18H2,1-4H3/p+1/t21-/m1/s1. The summed E-state index contributed by atoms with van der Waals surface area (Å²) in [5, 5.41) is 10.8. The first-order valence-corrected chi connectivity index (χ1v) is 12.0. The maximum atomic E-state index is 13.4. The van der Waals surface area contributed by atoms with E-state index in [0.717, 1.165) is 31.5 Å². The van der Waals surface area contributed by atoms with Crippen LogP contribution in [0.4, 0.5) is 5.69 Å². The Morgan fingerprint density at radius 3 is 2.07 bits per heavy atom. The molecule has 2 N–H and O–H groups in total. The third-order valence-corrected chi connectivity index (χ3v) is 6.89. The number of nitrogens with one attached hydrogen (secondary N) is 1. The van der Waals surface area contributed by atoms with Gasteiger partial charge in [0.25, 0.3) is 10.0 Å². The van der Waals surface area contributed by atoms with E-state index in [9.17, 15) is 13.5 Å². The van der Waals surface area contributed by atoms with Crippen molar-refractivity contribution in [2.75, 3.05) is 37.6 Å². The van der Waals surface area contributed by atoms with Crippen LogP contribution in [0.25, 0.3) is 0 Å². The van der Waals surface area contributed by atoms with E-state index in [1.807, 2.05) is 6.92 Å². The number of benzene rings is 2. The van der Waals surface area contributed by atoms with Gasteiger partial charge in [0.2, 0.25) is 0 Å². The van der Waals surface area contributed by atoms with Gasteiger partial charge >= 0.3 is 0 Å². The molecule has 0 bridgehead atoms. The number of rotatable bonds is 12. The van der Waals surface area contributed by atoms with Crippen molar-refractivity contribution >= 4 is 15.7 Å². The number of nitrogens with zero attached hydrogens (tertiary/aromatic N) is 1. The average molecular weight is 436 g/mol. The lowest BCUT2D eigenvalue weighted by atomic mass is 10.2. The monoisotopic (exact) mass is 435 g/mol. The average Bonchev–Trinajstić information content (AvgIpc) is 2.73. The Labute approximate surface area is 181 Å². The molecule has 166 valence electrons. The number of aryl methyl sites for hydroxylation is 1. The molecule has 0 spiro atoms. The molecule has 0 heterocycles. The molecule has 1 atom stereocenters. The molecule has 0 unspecified atom stereocenters. The SMILES string of the molecule is CCC[NH+](CCC)C[C@@H](O)CN(c1ccc(OC)cc1)S(=O)(=O)c1ccc(C)cc1. The van der Waals surface area contributed by atoms with Crippen molar-refractivity contribution in [3.8, 4) is 5.75 Å². The topological polar surface area (TPSA) is 71.3 Å². The van der Waals surface area contributed by atoms with Crippen LogP contribution in [-0.4, -0.2) is 52.9 Å². The van der Waals surface area contributed by atoms with Gasteiger partial charge in [-0.1, -0.05) is 31.5 Å². The number of methoxy groups -OCH3 is 1. The lowest BCUT2D eigenvalue weighted by molar-refractivity contribution is -0.903. The summed E-state index contributed by atoms with van der Waals surface area (Å²) in [5.74, 6) is 0.647. The van der Waals surface area contributed by atoms with E-state index in [-0.39, 0.29) is 11.4 Å². The first-order valence-electron chi connectivity index (χ1n) is 10.6. The predicted molar refractivity (Wildman–Crippen MR) is 121 cm³/mol. The van der Waals surface area contributed by atoms with Crippen LogP contribution >= 0.6 is 0 Å². The molecule has 7 heteroatoms. The molecular weight excluding hydrogens is 400 g/mol. The van der Waals surface area contributed by atoms with E-state index in [4.69, 9.17) is 4.74 Å². The van der Waals surface area contributed by atoms with Gasteiger partial charge in [0.1, 0.15) is 18.4 Å². The van der Waals surface area contributed by atoms with Crippen molar-refractivity contribution in [3.05, 3.63) is 54.1 Å². The number of hydrogen-bond donors (Lipinski definition) is 2. The van der Waals surface area contributed by atoms with E-state index in [2.05, 4.69) is 13.8 Å². The van der Waals surface area contributed by atoms with Gasteiger partial charge in [0.15, 0.2) is 0 Å². The van der Waals surface area contributed by atoms with Crippen LogP contribution in [-0.2, 0) is 10.0 Å². The summed E-state index contributed by atoms with van der Waals surface area (Å²) in [4.78, 5) is 1.50. The van der Waals surface area contributed by atoms with Gasteiger partial charge in [0.05, 0.1) is 37.3 Å². The second-order valence-corrected chi connectivity index (χ2v) is 9.52. The minimum atomic E-state index is -3.82. The first kappa shape index (κ1) is 24.2. The van der Waals surface area contributed by atoms with Gasteiger partial charge in [0, 0.05) is 0 Å². The fourth-order valence-corrected chi connectivity index (χ4v) is 5.06. The maximum absolute atomic E-state index is 13.4.